The second kappa shape index (κ2) is 10.2. The maximum atomic E-state index is 12.8. The predicted molar refractivity (Wildman–Crippen MR) is 128 cm³/mol. The van der Waals surface area contributed by atoms with Gasteiger partial charge in [0.2, 0.25) is 15.9 Å². The molecule has 0 saturated carbocycles. The van der Waals surface area contributed by atoms with Gasteiger partial charge in [-0.25, -0.2) is 17.8 Å². The predicted octanol–water partition coefficient (Wildman–Crippen LogP) is 0.0894. The largest absolute Gasteiger partial charge is 0.384 e. The summed E-state index contributed by atoms with van der Waals surface area (Å²) in [5.41, 5.74) is 5.16. The minimum absolute atomic E-state index is 0.0786. The van der Waals surface area contributed by atoms with Gasteiger partial charge in [-0.1, -0.05) is 54.6 Å². The molecule has 0 bridgehead atoms. The number of rotatable bonds is 9. The number of carbonyl (C=O) groups excluding carboxylic acids is 1. The Labute approximate surface area is 195 Å². The Balaban J connectivity index is 1.74. The summed E-state index contributed by atoms with van der Waals surface area (Å²) in [6.07, 6.45) is 1.08. The fourth-order valence-electron chi connectivity index (χ4n) is 3.14. The van der Waals surface area contributed by atoms with Gasteiger partial charge in [0.15, 0.2) is 0 Å². The van der Waals surface area contributed by atoms with E-state index in [4.69, 9.17) is 11.1 Å². The summed E-state index contributed by atoms with van der Waals surface area (Å²) >= 11 is 0. The second-order valence-electron chi connectivity index (χ2n) is 7.56. The van der Waals surface area contributed by atoms with E-state index in [0.29, 0.717) is 15.7 Å². The molecule has 0 unspecified atom stereocenters. The minimum Gasteiger partial charge on any atom is -0.384 e. The number of hydrogen-bond acceptors (Lipinski definition) is 6. The van der Waals surface area contributed by atoms with Crippen LogP contribution in [0.2, 0.25) is 0 Å². The van der Waals surface area contributed by atoms with Crippen molar-refractivity contribution in [2.24, 2.45) is 12.8 Å². The first-order chi connectivity index (χ1) is 16.1. The number of benzene rings is 2. The fraction of sp³-hybridized carbons (Fsp3) is 0.182. The van der Waals surface area contributed by atoms with E-state index >= 15 is 0 Å². The van der Waals surface area contributed by atoms with Crippen LogP contribution in [0, 0.1) is 5.41 Å². The number of hydrogen-bond donors (Lipinski definition) is 4. The van der Waals surface area contributed by atoms with Gasteiger partial charge < -0.3 is 15.6 Å². The Morgan fingerprint density at radius 3 is 2.29 bits per heavy atom. The highest BCUT2D eigenvalue weighted by Crippen LogP contribution is 2.09. The highest BCUT2D eigenvalue weighted by molar-refractivity contribution is 7.91. The average molecular weight is 485 g/mol. The summed E-state index contributed by atoms with van der Waals surface area (Å²) < 4.78 is 29.0. The SMILES string of the molecule is Cn1cc(NS(=O)(=O)Cc2ccccc2)c(=O)n(CC(=O)NCc2ccc(C(=N)N)cc2)c1=O. The summed E-state index contributed by atoms with van der Waals surface area (Å²) in [6, 6.07) is 15.0. The number of sulfonamides is 1. The van der Waals surface area contributed by atoms with E-state index in [2.05, 4.69) is 10.0 Å². The number of aryl methyl sites for hydroxylation is 1. The van der Waals surface area contributed by atoms with Crippen LogP contribution >= 0.6 is 0 Å². The third-order valence-corrected chi connectivity index (χ3v) is 6.10. The standard InChI is InChI=1S/C22H24N6O5S/c1-27-12-18(26-34(32,33)14-16-5-3-2-4-6-16)21(30)28(22(27)31)13-19(29)25-11-15-7-9-17(10-8-15)20(23)24/h2-10,12,26H,11,13-14H2,1H3,(H3,23,24)(H,25,29). The van der Waals surface area contributed by atoms with E-state index in [1.54, 1.807) is 54.6 Å². The smallest absolute Gasteiger partial charge is 0.331 e. The molecule has 5 N–H and O–H groups in total. The van der Waals surface area contributed by atoms with Crippen molar-refractivity contribution in [3.63, 3.8) is 0 Å². The Morgan fingerprint density at radius 1 is 1.03 bits per heavy atom. The van der Waals surface area contributed by atoms with Gasteiger partial charge in [0, 0.05) is 25.4 Å². The molecular weight excluding hydrogens is 460 g/mol. The third-order valence-electron chi connectivity index (χ3n) is 4.85. The van der Waals surface area contributed by atoms with Gasteiger partial charge in [0.1, 0.15) is 18.1 Å². The minimum atomic E-state index is -3.94. The lowest BCUT2D eigenvalue weighted by molar-refractivity contribution is -0.121. The van der Waals surface area contributed by atoms with E-state index in [1.165, 1.54) is 7.05 Å². The first-order valence-electron chi connectivity index (χ1n) is 10.1. The van der Waals surface area contributed by atoms with Gasteiger partial charge in [-0.15, -0.1) is 0 Å². The molecule has 0 radical (unpaired) electrons. The molecule has 178 valence electrons. The van der Waals surface area contributed by atoms with E-state index in [0.717, 1.165) is 16.3 Å². The number of nitrogens with two attached hydrogens (primary N) is 1. The van der Waals surface area contributed by atoms with E-state index in [-0.39, 0.29) is 23.8 Å². The summed E-state index contributed by atoms with van der Waals surface area (Å²) in [6.45, 7) is -0.471. The zero-order valence-electron chi connectivity index (χ0n) is 18.3. The molecule has 12 heteroatoms. The molecule has 0 aliphatic carbocycles. The van der Waals surface area contributed by atoms with Crippen molar-refractivity contribution in [2.75, 3.05) is 4.72 Å². The quantitative estimate of drug-likeness (QED) is 0.248. The molecule has 2 aromatic carbocycles. The van der Waals surface area contributed by atoms with Gasteiger partial charge in [-0.2, -0.15) is 0 Å². The van der Waals surface area contributed by atoms with Gasteiger partial charge >= 0.3 is 5.69 Å². The average Bonchev–Trinajstić information content (AvgIpc) is 2.79. The second-order valence-corrected chi connectivity index (χ2v) is 9.28. The molecule has 0 aliphatic heterocycles. The Morgan fingerprint density at radius 2 is 1.68 bits per heavy atom. The van der Waals surface area contributed by atoms with E-state index < -0.39 is 33.7 Å². The normalized spacial score (nSPS) is 11.1. The van der Waals surface area contributed by atoms with Gasteiger partial charge in [-0.05, 0) is 11.1 Å². The molecule has 1 amide bonds. The highest BCUT2D eigenvalue weighted by Gasteiger charge is 2.18. The van der Waals surface area contributed by atoms with Crippen molar-refractivity contribution in [3.8, 4) is 0 Å². The molecular formula is C22H24N6O5S. The Hall–Kier alpha value is -4.19. The summed E-state index contributed by atoms with van der Waals surface area (Å²) in [7, 11) is -2.60. The van der Waals surface area contributed by atoms with Crippen molar-refractivity contribution in [3.05, 3.63) is 98.3 Å². The lowest BCUT2D eigenvalue weighted by atomic mass is 10.1. The number of amides is 1. The number of nitrogens with one attached hydrogen (secondary N) is 3. The molecule has 11 nitrogen and oxygen atoms in total. The molecule has 3 aromatic rings. The molecule has 1 heterocycles. The first kappa shape index (κ1) is 24.5. The third kappa shape index (κ3) is 6.19. The molecule has 34 heavy (non-hydrogen) atoms. The van der Waals surface area contributed by atoms with Crippen LogP contribution in [0.1, 0.15) is 16.7 Å². The number of anilines is 1. The first-order valence-corrected chi connectivity index (χ1v) is 11.8. The maximum absolute atomic E-state index is 12.8. The summed E-state index contributed by atoms with van der Waals surface area (Å²) in [4.78, 5) is 37.6. The van der Waals surface area contributed by atoms with Crippen LogP contribution in [-0.2, 0) is 40.7 Å². The molecule has 0 aliphatic rings. The van der Waals surface area contributed by atoms with E-state index in [1.807, 2.05) is 0 Å². The van der Waals surface area contributed by atoms with Crippen LogP contribution in [0.25, 0.3) is 0 Å². The zero-order chi connectivity index (χ0) is 24.9. The van der Waals surface area contributed by atoms with Crippen LogP contribution < -0.4 is 27.0 Å². The number of carbonyl (C=O) groups is 1. The van der Waals surface area contributed by atoms with Crippen molar-refractivity contribution in [1.29, 1.82) is 5.41 Å². The van der Waals surface area contributed by atoms with Crippen LogP contribution in [0.5, 0.6) is 0 Å². The topological polar surface area (TPSA) is 169 Å². The summed E-state index contributed by atoms with van der Waals surface area (Å²) in [5.74, 6) is -1.05. The van der Waals surface area contributed by atoms with Crippen LogP contribution in [0.15, 0.2) is 70.4 Å². The van der Waals surface area contributed by atoms with Crippen molar-refractivity contribution >= 4 is 27.5 Å². The number of nitrogen functional groups attached to an aromatic ring is 1. The van der Waals surface area contributed by atoms with Gasteiger partial charge in [-0.3, -0.25) is 19.7 Å². The molecule has 0 saturated heterocycles. The Kier molecular flexibility index (Phi) is 7.31. The summed E-state index contributed by atoms with van der Waals surface area (Å²) in [5, 5.41) is 9.99. The molecule has 1 aromatic heterocycles. The van der Waals surface area contributed by atoms with Gasteiger partial charge in [0.25, 0.3) is 5.56 Å². The highest BCUT2D eigenvalue weighted by atomic mass is 32.2. The van der Waals surface area contributed by atoms with E-state index in [9.17, 15) is 22.8 Å². The molecule has 0 atom stereocenters. The number of aromatic nitrogens is 2. The number of nitrogens with zero attached hydrogens (tertiary/aromatic N) is 2. The molecule has 0 spiro atoms. The lowest BCUT2D eigenvalue weighted by Crippen LogP contribution is -2.44. The monoisotopic (exact) mass is 484 g/mol. The van der Waals surface area contributed by atoms with Crippen LogP contribution in [0.4, 0.5) is 5.69 Å². The van der Waals surface area contributed by atoms with Gasteiger partial charge in [0.05, 0.1) is 5.75 Å². The van der Waals surface area contributed by atoms with Crippen molar-refractivity contribution < 1.29 is 13.2 Å². The van der Waals surface area contributed by atoms with Crippen LogP contribution in [0.3, 0.4) is 0 Å². The lowest BCUT2D eigenvalue weighted by Gasteiger charge is -2.13. The van der Waals surface area contributed by atoms with Crippen molar-refractivity contribution in [1.82, 2.24) is 14.5 Å². The molecule has 3 rings (SSSR count). The van der Waals surface area contributed by atoms with Crippen LogP contribution in [-0.4, -0.2) is 29.3 Å². The maximum Gasteiger partial charge on any atom is 0.331 e. The van der Waals surface area contributed by atoms with Crippen molar-refractivity contribution in [2.45, 2.75) is 18.8 Å². The zero-order valence-corrected chi connectivity index (χ0v) is 19.1. The fourth-order valence-corrected chi connectivity index (χ4v) is 4.31. The number of amidine groups is 1. The Bertz CT molecular complexity index is 1430. The molecule has 0 fully saturated rings.